The third-order valence-corrected chi connectivity index (χ3v) is 3.91. The van der Waals surface area contributed by atoms with Crippen molar-refractivity contribution in [2.75, 3.05) is 0 Å². The largest absolute Gasteiger partial charge is 0.321 e. The number of hydrogen-bond acceptors (Lipinski definition) is 2. The van der Waals surface area contributed by atoms with Gasteiger partial charge in [-0.25, -0.2) is 0 Å². The van der Waals surface area contributed by atoms with Gasteiger partial charge < -0.3 is 5.73 Å². The molecule has 1 aliphatic rings. The van der Waals surface area contributed by atoms with Crippen LogP contribution in [0.1, 0.15) is 42.5 Å². The minimum Gasteiger partial charge on any atom is -0.321 e. The van der Waals surface area contributed by atoms with E-state index < -0.39 is 0 Å². The Morgan fingerprint density at radius 2 is 2.00 bits per heavy atom. The highest BCUT2D eigenvalue weighted by molar-refractivity contribution is 7.10. The van der Waals surface area contributed by atoms with Gasteiger partial charge in [0, 0.05) is 10.4 Å². The van der Waals surface area contributed by atoms with E-state index in [9.17, 15) is 0 Å². The number of aryl methyl sites for hydroxylation is 1. The van der Waals surface area contributed by atoms with Crippen molar-refractivity contribution in [1.29, 1.82) is 0 Å². The standard InChI is InChI=1S/C11H17NS/c1-9-7-10(8-13-9)11(12)5-3-2-4-6-11/h7-8H,2-6,12H2,1H3. The lowest BCUT2D eigenvalue weighted by Crippen LogP contribution is -2.38. The minimum atomic E-state index is 0.00299. The Bertz CT molecular complexity index is 284. The average molecular weight is 195 g/mol. The van der Waals surface area contributed by atoms with Gasteiger partial charge in [-0.15, -0.1) is 11.3 Å². The third-order valence-electron chi connectivity index (χ3n) is 3.05. The van der Waals surface area contributed by atoms with Crippen molar-refractivity contribution in [3.8, 4) is 0 Å². The van der Waals surface area contributed by atoms with Gasteiger partial charge in [0.25, 0.3) is 0 Å². The third kappa shape index (κ3) is 1.79. The van der Waals surface area contributed by atoms with E-state index in [1.165, 1.54) is 42.5 Å². The molecule has 13 heavy (non-hydrogen) atoms. The van der Waals surface area contributed by atoms with E-state index in [4.69, 9.17) is 5.73 Å². The first-order valence-electron chi connectivity index (χ1n) is 5.05. The van der Waals surface area contributed by atoms with Crippen LogP contribution in [0.15, 0.2) is 11.4 Å². The molecule has 0 unspecified atom stereocenters. The van der Waals surface area contributed by atoms with Crippen LogP contribution in [0.3, 0.4) is 0 Å². The van der Waals surface area contributed by atoms with Crippen LogP contribution in [0.5, 0.6) is 0 Å². The second-order valence-corrected chi connectivity index (χ2v) is 5.28. The molecular weight excluding hydrogens is 178 g/mol. The molecule has 1 aromatic rings. The molecule has 72 valence electrons. The Morgan fingerprint density at radius 3 is 2.54 bits per heavy atom. The zero-order valence-corrected chi connectivity index (χ0v) is 8.99. The van der Waals surface area contributed by atoms with E-state index in [-0.39, 0.29) is 5.54 Å². The Labute approximate surface area is 84.0 Å². The second kappa shape index (κ2) is 3.43. The minimum absolute atomic E-state index is 0.00299. The van der Waals surface area contributed by atoms with E-state index in [0.717, 1.165) is 0 Å². The second-order valence-electron chi connectivity index (χ2n) is 4.16. The van der Waals surface area contributed by atoms with E-state index in [1.807, 2.05) is 11.3 Å². The molecule has 0 spiro atoms. The van der Waals surface area contributed by atoms with Gasteiger partial charge in [-0.1, -0.05) is 19.3 Å². The lowest BCUT2D eigenvalue weighted by molar-refractivity contribution is 0.303. The molecule has 2 rings (SSSR count). The smallest absolute Gasteiger partial charge is 0.0418 e. The van der Waals surface area contributed by atoms with Gasteiger partial charge in [-0.05, 0) is 36.8 Å². The zero-order chi connectivity index (χ0) is 9.31. The number of thiophene rings is 1. The summed E-state index contributed by atoms with van der Waals surface area (Å²) >= 11 is 1.82. The summed E-state index contributed by atoms with van der Waals surface area (Å²) in [6.45, 7) is 2.15. The van der Waals surface area contributed by atoms with Crippen molar-refractivity contribution < 1.29 is 0 Å². The Hall–Kier alpha value is -0.340. The first kappa shape index (κ1) is 9.22. The Kier molecular flexibility index (Phi) is 2.43. The van der Waals surface area contributed by atoms with Crippen LogP contribution in [-0.2, 0) is 5.54 Å². The van der Waals surface area contributed by atoms with Crippen molar-refractivity contribution in [3.05, 3.63) is 21.9 Å². The van der Waals surface area contributed by atoms with Crippen molar-refractivity contribution >= 4 is 11.3 Å². The molecule has 1 aliphatic carbocycles. The van der Waals surface area contributed by atoms with Crippen molar-refractivity contribution in [2.45, 2.75) is 44.6 Å². The highest BCUT2D eigenvalue weighted by atomic mass is 32.1. The van der Waals surface area contributed by atoms with Gasteiger partial charge in [-0.3, -0.25) is 0 Å². The van der Waals surface area contributed by atoms with Crippen LogP contribution in [-0.4, -0.2) is 0 Å². The molecule has 0 saturated heterocycles. The average Bonchev–Trinajstić information content (AvgIpc) is 2.54. The van der Waals surface area contributed by atoms with Crippen LogP contribution in [0, 0.1) is 6.92 Å². The normalized spacial score (nSPS) is 21.7. The zero-order valence-electron chi connectivity index (χ0n) is 8.18. The fourth-order valence-electron chi connectivity index (χ4n) is 2.18. The van der Waals surface area contributed by atoms with Gasteiger partial charge in [0.15, 0.2) is 0 Å². The lowest BCUT2D eigenvalue weighted by atomic mass is 9.78. The van der Waals surface area contributed by atoms with Crippen molar-refractivity contribution in [3.63, 3.8) is 0 Å². The molecule has 0 aromatic carbocycles. The fourth-order valence-corrected chi connectivity index (χ4v) is 2.99. The first-order valence-corrected chi connectivity index (χ1v) is 5.93. The van der Waals surface area contributed by atoms with Gasteiger partial charge in [0.05, 0.1) is 0 Å². The summed E-state index contributed by atoms with van der Waals surface area (Å²) in [7, 11) is 0. The molecule has 0 atom stereocenters. The van der Waals surface area contributed by atoms with Crippen LogP contribution >= 0.6 is 11.3 Å². The van der Waals surface area contributed by atoms with Crippen LogP contribution in [0.4, 0.5) is 0 Å². The molecule has 0 aliphatic heterocycles. The Balaban J connectivity index is 2.22. The topological polar surface area (TPSA) is 26.0 Å². The van der Waals surface area contributed by atoms with Gasteiger partial charge in [0.2, 0.25) is 0 Å². The van der Waals surface area contributed by atoms with Crippen molar-refractivity contribution in [1.82, 2.24) is 0 Å². The van der Waals surface area contributed by atoms with Gasteiger partial charge in [0.1, 0.15) is 0 Å². The maximum absolute atomic E-state index is 6.40. The van der Waals surface area contributed by atoms with Crippen LogP contribution in [0.2, 0.25) is 0 Å². The fraction of sp³-hybridized carbons (Fsp3) is 0.636. The molecule has 1 fully saturated rings. The quantitative estimate of drug-likeness (QED) is 0.732. The maximum atomic E-state index is 6.40. The Morgan fingerprint density at radius 1 is 1.31 bits per heavy atom. The summed E-state index contributed by atoms with van der Waals surface area (Å²) < 4.78 is 0. The van der Waals surface area contributed by atoms with E-state index in [2.05, 4.69) is 18.4 Å². The SMILES string of the molecule is Cc1cc(C2(N)CCCCC2)cs1. The lowest BCUT2D eigenvalue weighted by Gasteiger charge is -2.32. The summed E-state index contributed by atoms with van der Waals surface area (Å²) in [6, 6.07) is 2.26. The molecule has 0 amide bonds. The summed E-state index contributed by atoms with van der Waals surface area (Å²) in [5, 5.41) is 2.24. The summed E-state index contributed by atoms with van der Waals surface area (Å²) in [4.78, 5) is 1.38. The predicted molar refractivity (Wildman–Crippen MR) is 58.0 cm³/mol. The molecule has 1 nitrogen and oxygen atoms in total. The summed E-state index contributed by atoms with van der Waals surface area (Å²) in [5.74, 6) is 0. The molecule has 2 heteroatoms. The summed E-state index contributed by atoms with van der Waals surface area (Å²) in [6.07, 6.45) is 6.30. The van der Waals surface area contributed by atoms with E-state index >= 15 is 0 Å². The van der Waals surface area contributed by atoms with E-state index in [1.54, 1.807) is 0 Å². The van der Waals surface area contributed by atoms with Crippen molar-refractivity contribution in [2.24, 2.45) is 5.73 Å². The van der Waals surface area contributed by atoms with Gasteiger partial charge >= 0.3 is 0 Å². The highest BCUT2D eigenvalue weighted by Crippen LogP contribution is 2.36. The summed E-state index contributed by atoms with van der Waals surface area (Å²) in [5.41, 5.74) is 7.77. The predicted octanol–water partition coefficient (Wildman–Crippen LogP) is 3.17. The number of nitrogens with two attached hydrogens (primary N) is 1. The van der Waals surface area contributed by atoms with E-state index in [0.29, 0.717) is 0 Å². The van der Waals surface area contributed by atoms with Crippen LogP contribution in [0.25, 0.3) is 0 Å². The molecule has 1 aromatic heterocycles. The highest BCUT2D eigenvalue weighted by Gasteiger charge is 2.29. The molecular formula is C11H17NS. The molecule has 0 bridgehead atoms. The monoisotopic (exact) mass is 195 g/mol. The maximum Gasteiger partial charge on any atom is 0.0418 e. The number of hydrogen-bond donors (Lipinski definition) is 1. The molecule has 2 N–H and O–H groups in total. The molecule has 1 heterocycles. The molecule has 1 saturated carbocycles. The first-order chi connectivity index (χ1) is 6.21. The molecule has 0 radical (unpaired) electrons. The van der Waals surface area contributed by atoms with Gasteiger partial charge in [-0.2, -0.15) is 0 Å². The number of rotatable bonds is 1. The van der Waals surface area contributed by atoms with Crippen LogP contribution < -0.4 is 5.73 Å².